The van der Waals surface area contributed by atoms with E-state index < -0.39 is 0 Å². The molecule has 5 bridgehead atoms. The third-order valence-corrected chi connectivity index (χ3v) is 11.0. The molecule has 8 rings (SSSR count). The smallest absolute Gasteiger partial charge is 0.226 e. The molecule has 7 fully saturated rings. The minimum absolute atomic E-state index is 0. The van der Waals surface area contributed by atoms with Crippen LogP contribution in [-0.2, 0) is 10.2 Å². The lowest BCUT2D eigenvalue weighted by Gasteiger charge is -2.66. The predicted octanol–water partition coefficient (Wildman–Crippen LogP) is 4.52. The van der Waals surface area contributed by atoms with Crippen LogP contribution in [0.3, 0.4) is 0 Å². The van der Waals surface area contributed by atoms with Crippen molar-refractivity contribution < 1.29 is 6.22 Å². The first-order chi connectivity index (χ1) is 13.9. The Morgan fingerprint density at radius 2 is 1.72 bits per heavy atom. The van der Waals surface area contributed by atoms with Crippen LogP contribution in [0.25, 0.3) is 0 Å². The highest BCUT2D eigenvalue weighted by atomic mass is 16.2. The largest absolute Gasteiger partial charge is 0.350 e. The number of nitrogens with zero attached hydrogens (tertiary/aromatic N) is 1. The summed E-state index contributed by atoms with van der Waals surface area (Å²) in [4.78, 5) is 16.6. The molecule has 3 nitrogen and oxygen atoms in total. The normalized spacial score (nSPS) is 53.6. The number of hydrogen-bond donors (Lipinski definition) is 1. The molecular formula is C26H36N2O. The number of nitrogens with one attached hydrogen (secondary N) is 1. The molecule has 1 amide bonds. The van der Waals surface area contributed by atoms with Crippen molar-refractivity contribution in [2.24, 2.45) is 22.2 Å². The molecule has 7 aliphatic rings. The topological polar surface area (TPSA) is 32.3 Å². The first kappa shape index (κ1) is 17.3. The fourth-order valence-electron chi connectivity index (χ4n) is 10.0. The van der Waals surface area contributed by atoms with E-state index in [2.05, 4.69) is 47.5 Å². The molecule has 5 atom stereocenters. The zero-order chi connectivity index (χ0) is 19.5. The van der Waals surface area contributed by atoms with E-state index in [0.717, 1.165) is 44.4 Å². The molecule has 156 valence electrons. The molecule has 1 spiro atoms. The number of rotatable bonds is 3. The van der Waals surface area contributed by atoms with Crippen molar-refractivity contribution in [1.29, 1.82) is 0 Å². The van der Waals surface area contributed by atoms with E-state index in [1.54, 1.807) is 0 Å². The van der Waals surface area contributed by atoms with Crippen molar-refractivity contribution in [3.63, 3.8) is 0 Å². The van der Waals surface area contributed by atoms with Crippen LogP contribution in [0, 0.1) is 22.2 Å². The summed E-state index contributed by atoms with van der Waals surface area (Å²) < 4.78 is 0. The molecular weight excluding hydrogens is 356 g/mol. The Morgan fingerprint density at radius 3 is 2.45 bits per heavy atom. The first-order valence-electron chi connectivity index (χ1n) is 12.0. The summed E-state index contributed by atoms with van der Waals surface area (Å²) in [7, 11) is 0. The average Bonchev–Trinajstić information content (AvgIpc) is 3.02. The monoisotopic (exact) mass is 392 g/mol. The van der Waals surface area contributed by atoms with Gasteiger partial charge in [0.1, 0.15) is 0 Å². The summed E-state index contributed by atoms with van der Waals surface area (Å²) in [5.74, 6) is 1.20. The van der Waals surface area contributed by atoms with Gasteiger partial charge in [-0.2, -0.15) is 0 Å². The second kappa shape index (κ2) is 5.10. The first-order valence-corrected chi connectivity index (χ1v) is 12.0. The molecule has 1 N–H and O–H groups in total. The van der Waals surface area contributed by atoms with Gasteiger partial charge in [-0.05, 0) is 80.1 Å². The van der Waals surface area contributed by atoms with Gasteiger partial charge < -0.3 is 10.2 Å². The summed E-state index contributed by atoms with van der Waals surface area (Å²) in [5.41, 5.74) is 2.59. The van der Waals surface area contributed by atoms with Gasteiger partial charge in [-0.3, -0.25) is 4.79 Å². The summed E-state index contributed by atoms with van der Waals surface area (Å²) >= 11 is 0. The van der Waals surface area contributed by atoms with Gasteiger partial charge in [-0.25, -0.2) is 0 Å². The maximum Gasteiger partial charge on any atom is 0.226 e. The molecule has 3 aliphatic heterocycles. The van der Waals surface area contributed by atoms with E-state index in [-0.39, 0.29) is 17.8 Å². The quantitative estimate of drug-likeness (QED) is 0.820. The van der Waals surface area contributed by atoms with Crippen LogP contribution < -0.4 is 5.32 Å². The molecule has 1 aromatic carbocycles. The molecule has 0 aromatic heterocycles. The maximum atomic E-state index is 14.1. The van der Waals surface area contributed by atoms with E-state index in [0.29, 0.717) is 16.7 Å². The Bertz CT molecular complexity index is 882. The Labute approximate surface area is 176 Å². The number of piperidine rings is 3. The van der Waals surface area contributed by atoms with Crippen LogP contribution in [0.4, 0.5) is 0 Å². The fraction of sp³-hybridized carbons (Fsp3) is 0.731. The third kappa shape index (κ3) is 1.89. The van der Waals surface area contributed by atoms with E-state index >= 15 is 0 Å². The summed E-state index contributed by atoms with van der Waals surface area (Å²) in [6.45, 7) is 6.08. The standard InChI is InChI=1S/C26H34N2O.H2/c1-22-13-19-14-23(21(29)27-24-7-10-28(11-8-24)12-9-24)17-25(16-22,26(22,15-19)18-23)20-5-3-2-4-6-20;/h2-6,19H,7-18H2,1H3,(H,27,29);1H/t19?,22-,23?,25+,26?;/m1./s1. The van der Waals surface area contributed by atoms with Crippen LogP contribution in [0.5, 0.6) is 0 Å². The highest BCUT2D eigenvalue weighted by Gasteiger charge is 2.83. The lowest BCUT2D eigenvalue weighted by Crippen LogP contribution is -2.63. The van der Waals surface area contributed by atoms with Crippen molar-refractivity contribution in [2.75, 3.05) is 19.6 Å². The Balaban J connectivity index is 0.00000175. The van der Waals surface area contributed by atoms with Gasteiger partial charge in [0.05, 0.1) is 5.41 Å². The van der Waals surface area contributed by atoms with Crippen LogP contribution in [-0.4, -0.2) is 36.0 Å². The van der Waals surface area contributed by atoms with Crippen molar-refractivity contribution in [3.05, 3.63) is 35.9 Å². The summed E-state index contributed by atoms with van der Waals surface area (Å²) in [6, 6.07) is 11.3. The number of carbonyl (C=O) groups excluding carboxylic acids is 1. The van der Waals surface area contributed by atoms with Crippen molar-refractivity contribution in [1.82, 2.24) is 10.2 Å². The third-order valence-electron chi connectivity index (χ3n) is 11.0. The van der Waals surface area contributed by atoms with Gasteiger partial charge in [0.2, 0.25) is 5.91 Å². The predicted molar refractivity (Wildman–Crippen MR) is 116 cm³/mol. The molecule has 29 heavy (non-hydrogen) atoms. The molecule has 4 saturated carbocycles. The number of benzene rings is 1. The zero-order valence-electron chi connectivity index (χ0n) is 17.8. The van der Waals surface area contributed by atoms with E-state index in [9.17, 15) is 4.79 Å². The molecule has 1 aromatic rings. The van der Waals surface area contributed by atoms with E-state index in [4.69, 9.17) is 0 Å². The van der Waals surface area contributed by atoms with Crippen LogP contribution in [0.1, 0.15) is 71.7 Å². The fourth-order valence-corrected chi connectivity index (χ4v) is 10.0. The minimum Gasteiger partial charge on any atom is -0.350 e. The molecule has 3 saturated heterocycles. The van der Waals surface area contributed by atoms with Gasteiger partial charge in [0.15, 0.2) is 0 Å². The van der Waals surface area contributed by atoms with Gasteiger partial charge in [0, 0.05) is 32.0 Å². The second-order valence-electron chi connectivity index (χ2n) is 12.2. The second-order valence-corrected chi connectivity index (χ2v) is 12.2. The van der Waals surface area contributed by atoms with E-state index in [1.165, 1.54) is 44.5 Å². The summed E-state index contributed by atoms with van der Waals surface area (Å²) in [6.07, 6.45) is 10.9. The lowest BCUT2D eigenvalue weighted by molar-refractivity contribution is -0.138. The van der Waals surface area contributed by atoms with Crippen molar-refractivity contribution in [2.45, 2.75) is 75.7 Å². The SMILES string of the molecule is C[C@]12CC3CC4(C(=O)NC56CCN(CC5)CC6)CC1(C3)[C@](c1ccccc1)(C4)C2.[HH]. The number of amides is 1. The van der Waals surface area contributed by atoms with Gasteiger partial charge in [0.25, 0.3) is 0 Å². The Kier molecular flexibility index (Phi) is 3.05. The molecule has 4 aliphatic carbocycles. The molecule has 3 heterocycles. The van der Waals surface area contributed by atoms with Gasteiger partial charge in [-0.15, -0.1) is 0 Å². The van der Waals surface area contributed by atoms with Crippen LogP contribution in [0.2, 0.25) is 0 Å². The minimum atomic E-state index is -0.115. The average molecular weight is 393 g/mol. The maximum absolute atomic E-state index is 14.1. The zero-order valence-corrected chi connectivity index (χ0v) is 17.8. The number of hydrogen-bond acceptors (Lipinski definition) is 2. The molecule has 0 radical (unpaired) electrons. The Hall–Kier alpha value is -1.35. The Morgan fingerprint density at radius 1 is 1.00 bits per heavy atom. The molecule has 3 unspecified atom stereocenters. The molecule has 3 heteroatoms. The highest BCUT2D eigenvalue weighted by Crippen LogP contribution is 2.88. The van der Waals surface area contributed by atoms with Gasteiger partial charge >= 0.3 is 0 Å². The van der Waals surface area contributed by atoms with Crippen LogP contribution >= 0.6 is 0 Å². The van der Waals surface area contributed by atoms with E-state index in [1.807, 2.05) is 0 Å². The number of carbonyl (C=O) groups is 1. The van der Waals surface area contributed by atoms with Crippen LogP contribution in [0.15, 0.2) is 30.3 Å². The lowest BCUT2D eigenvalue weighted by atomic mass is 9.38. The van der Waals surface area contributed by atoms with Gasteiger partial charge in [-0.1, -0.05) is 37.3 Å². The summed E-state index contributed by atoms with van der Waals surface area (Å²) in [5, 5.41) is 3.73. The van der Waals surface area contributed by atoms with Crippen molar-refractivity contribution in [3.8, 4) is 0 Å². The number of fused-ring (bicyclic) bond motifs is 5. The highest BCUT2D eigenvalue weighted by molar-refractivity contribution is 5.85. The van der Waals surface area contributed by atoms with Crippen molar-refractivity contribution >= 4 is 5.91 Å².